The first-order valence-electron chi connectivity index (χ1n) is 11.4. The number of dihydropyridines is 1. The van der Waals surface area contributed by atoms with E-state index in [9.17, 15) is 14.9 Å². The van der Waals surface area contributed by atoms with E-state index in [4.69, 9.17) is 0 Å². The summed E-state index contributed by atoms with van der Waals surface area (Å²) in [5.41, 5.74) is 3.91. The van der Waals surface area contributed by atoms with E-state index >= 15 is 0 Å². The number of thioether (sulfide) groups is 1. The van der Waals surface area contributed by atoms with Crippen molar-refractivity contribution in [2.24, 2.45) is 5.41 Å². The van der Waals surface area contributed by atoms with Crippen molar-refractivity contribution in [3.05, 3.63) is 74.1 Å². The van der Waals surface area contributed by atoms with Crippen LogP contribution < -0.4 is 10.6 Å². The summed E-state index contributed by atoms with van der Waals surface area (Å²) in [6.45, 7) is 8.44. The standard InChI is InChI=1S/C27H29N3O2S2/c1-16(2)17-7-9-18(10-8-17)29-23(32)15-34-26-19(14-28)24(22-6-5-11-33-22)25-20(30-26)12-27(3,4)13-21(25)31/h5-11,16,24,30H,12-13,15H2,1-4H3,(H,29,32)/t24-/m1/s1. The fourth-order valence-corrected chi connectivity index (χ4v) is 6.22. The van der Waals surface area contributed by atoms with E-state index in [1.807, 2.05) is 41.8 Å². The number of hydrogen-bond acceptors (Lipinski definition) is 6. The third-order valence-electron chi connectivity index (χ3n) is 6.16. The van der Waals surface area contributed by atoms with Crippen molar-refractivity contribution in [1.29, 1.82) is 5.26 Å². The van der Waals surface area contributed by atoms with E-state index in [0.29, 0.717) is 28.5 Å². The van der Waals surface area contributed by atoms with Crippen LogP contribution in [0.5, 0.6) is 0 Å². The van der Waals surface area contributed by atoms with Crippen molar-refractivity contribution >= 4 is 40.5 Å². The van der Waals surface area contributed by atoms with Gasteiger partial charge >= 0.3 is 0 Å². The molecule has 5 nitrogen and oxygen atoms in total. The summed E-state index contributed by atoms with van der Waals surface area (Å²) in [6.07, 6.45) is 1.20. The molecule has 4 rings (SSSR count). The van der Waals surface area contributed by atoms with E-state index in [2.05, 4.69) is 44.4 Å². The predicted octanol–water partition coefficient (Wildman–Crippen LogP) is 6.31. The molecule has 176 valence electrons. The molecular weight excluding hydrogens is 462 g/mol. The van der Waals surface area contributed by atoms with E-state index in [0.717, 1.165) is 22.7 Å². The quantitative estimate of drug-likeness (QED) is 0.495. The van der Waals surface area contributed by atoms with Crippen LogP contribution in [0.2, 0.25) is 0 Å². The van der Waals surface area contributed by atoms with Crippen molar-refractivity contribution in [3.8, 4) is 6.07 Å². The zero-order chi connectivity index (χ0) is 24.5. The third kappa shape index (κ3) is 5.13. The Labute approximate surface area is 209 Å². The number of thiophene rings is 1. The average molecular weight is 492 g/mol. The fourth-order valence-electron chi connectivity index (χ4n) is 4.52. The number of Topliss-reactive ketones (excluding diaryl/α,β-unsaturated/α-hetero) is 1. The van der Waals surface area contributed by atoms with Crippen LogP contribution in [-0.4, -0.2) is 17.4 Å². The molecule has 7 heteroatoms. The molecule has 1 aliphatic carbocycles. The van der Waals surface area contributed by atoms with Gasteiger partial charge in [0.15, 0.2) is 5.78 Å². The van der Waals surface area contributed by atoms with Crippen molar-refractivity contribution < 1.29 is 9.59 Å². The van der Waals surface area contributed by atoms with Gasteiger partial charge < -0.3 is 10.6 Å². The van der Waals surface area contributed by atoms with Gasteiger partial charge in [-0.15, -0.1) is 11.3 Å². The minimum absolute atomic E-state index is 0.0940. The van der Waals surface area contributed by atoms with E-state index in [-0.39, 0.29) is 28.8 Å². The molecule has 2 heterocycles. The minimum atomic E-state index is -0.376. The van der Waals surface area contributed by atoms with Crippen LogP contribution in [0.1, 0.15) is 62.8 Å². The van der Waals surface area contributed by atoms with Crippen molar-refractivity contribution in [2.45, 2.75) is 52.4 Å². The summed E-state index contributed by atoms with van der Waals surface area (Å²) in [5, 5.41) is 19.0. The van der Waals surface area contributed by atoms with Gasteiger partial charge in [0.25, 0.3) is 0 Å². The number of ketones is 1. The molecule has 1 amide bonds. The maximum Gasteiger partial charge on any atom is 0.234 e. The summed E-state index contributed by atoms with van der Waals surface area (Å²) in [5.74, 6) is 0.175. The summed E-state index contributed by atoms with van der Waals surface area (Å²) >= 11 is 2.87. The molecule has 1 aliphatic heterocycles. The summed E-state index contributed by atoms with van der Waals surface area (Å²) < 4.78 is 0. The van der Waals surface area contributed by atoms with Crippen LogP contribution >= 0.6 is 23.1 Å². The summed E-state index contributed by atoms with van der Waals surface area (Å²) in [4.78, 5) is 26.8. The Morgan fingerprint density at radius 2 is 2.00 bits per heavy atom. The first kappa shape index (κ1) is 24.3. The van der Waals surface area contributed by atoms with Crippen LogP contribution in [0.15, 0.2) is 63.7 Å². The Hall–Kier alpha value is -2.82. The number of carbonyl (C=O) groups is 2. The number of nitriles is 1. The van der Waals surface area contributed by atoms with Crippen LogP contribution in [0.3, 0.4) is 0 Å². The third-order valence-corrected chi connectivity index (χ3v) is 8.12. The predicted molar refractivity (Wildman–Crippen MR) is 140 cm³/mol. The molecule has 2 aromatic rings. The maximum absolute atomic E-state index is 13.2. The Balaban J connectivity index is 1.56. The van der Waals surface area contributed by atoms with Crippen LogP contribution in [0.25, 0.3) is 0 Å². The van der Waals surface area contributed by atoms with E-state index in [1.54, 1.807) is 11.3 Å². The van der Waals surface area contributed by atoms with Crippen LogP contribution in [0.4, 0.5) is 5.69 Å². The number of nitrogens with one attached hydrogen (secondary N) is 2. The molecule has 1 atom stereocenters. The number of allylic oxidation sites excluding steroid dienone is 3. The number of carbonyl (C=O) groups excluding carboxylic acids is 2. The number of amides is 1. The molecule has 2 N–H and O–H groups in total. The molecular formula is C27H29N3O2S2. The molecule has 0 fully saturated rings. The highest BCUT2D eigenvalue weighted by Gasteiger charge is 2.42. The second kappa shape index (κ2) is 9.81. The second-order valence-corrected chi connectivity index (χ2v) is 11.8. The van der Waals surface area contributed by atoms with E-state index < -0.39 is 0 Å². The topological polar surface area (TPSA) is 82.0 Å². The van der Waals surface area contributed by atoms with Gasteiger partial charge in [0, 0.05) is 28.3 Å². The average Bonchev–Trinajstić information content (AvgIpc) is 3.30. The Morgan fingerprint density at radius 3 is 2.62 bits per heavy atom. The highest BCUT2D eigenvalue weighted by molar-refractivity contribution is 8.03. The van der Waals surface area contributed by atoms with Crippen molar-refractivity contribution in [1.82, 2.24) is 5.32 Å². The van der Waals surface area contributed by atoms with Crippen molar-refractivity contribution in [2.75, 3.05) is 11.1 Å². The highest BCUT2D eigenvalue weighted by atomic mass is 32.2. The van der Waals surface area contributed by atoms with Crippen molar-refractivity contribution in [3.63, 3.8) is 0 Å². The lowest BCUT2D eigenvalue weighted by molar-refractivity contribution is -0.118. The van der Waals surface area contributed by atoms with Gasteiger partial charge in [0.05, 0.1) is 28.3 Å². The first-order valence-corrected chi connectivity index (χ1v) is 13.3. The molecule has 1 aromatic carbocycles. The fraction of sp³-hybridized carbons (Fsp3) is 0.370. The number of nitrogens with zero attached hydrogens (tertiary/aromatic N) is 1. The van der Waals surface area contributed by atoms with Gasteiger partial charge in [0.1, 0.15) is 0 Å². The molecule has 0 saturated heterocycles. The lowest BCUT2D eigenvalue weighted by Gasteiger charge is -2.38. The number of anilines is 1. The number of hydrogen-bond donors (Lipinski definition) is 2. The molecule has 0 bridgehead atoms. The maximum atomic E-state index is 13.2. The normalized spacial score (nSPS) is 19.5. The largest absolute Gasteiger partial charge is 0.352 e. The van der Waals surface area contributed by atoms with Gasteiger partial charge in [0.2, 0.25) is 5.91 Å². The first-order chi connectivity index (χ1) is 16.2. The smallest absolute Gasteiger partial charge is 0.234 e. The van der Waals surface area contributed by atoms with Gasteiger partial charge in [-0.05, 0) is 46.9 Å². The lowest BCUT2D eigenvalue weighted by Crippen LogP contribution is -2.36. The van der Waals surface area contributed by atoms with Gasteiger partial charge in [-0.2, -0.15) is 5.26 Å². The molecule has 34 heavy (non-hydrogen) atoms. The molecule has 0 spiro atoms. The van der Waals surface area contributed by atoms with Crippen LogP contribution in [-0.2, 0) is 9.59 Å². The number of benzene rings is 1. The molecule has 1 aromatic heterocycles. The molecule has 0 unspecified atom stereocenters. The Bertz CT molecular complexity index is 1200. The Kier molecular flexibility index (Phi) is 7.01. The Morgan fingerprint density at radius 1 is 1.26 bits per heavy atom. The SMILES string of the molecule is CC(C)c1ccc(NC(=O)CSC2=C(C#N)[C@H](c3cccs3)C3=C(CC(C)(C)CC3=O)N2)cc1. The zero-order valence-corrected chi connectivity index (χ0v) is 21.5. The van der Waals surface area contributed by atoms with Gasteiger partial charge in [-0.25, -0.2) is 0 Å². The highest BCUT2D eigenvalue weighted by Crippen LogP contribution is 2.48. The second-order valence-electron chi connectivity index (χ2n) is 9.87. The summed E-state index contributed by atoms with van der Waals surface area (Å²) in [6, 6.07) is 14.1. The molecule has 0 saturated carbocycles. The molecule has 0 radical (unpaired) electrons. The van der Waals surface area contributed by atoms with Crippen LogP contribution in [0, 0.1) is 16.7 Å². The minimum Gasteiger partial charge on any atom is -0.352 e. The zero-order valence-electron chi connectivity index (χ0n) is 19.9. The van der Waals surface area contributed by atoms with E-state index in [1.165, 1.54) is 17.3 Å². The lowest BCUT2D eigenvalue weighted by atomic mass is 9.70. The van der Waals surface area contributed by atoms with Gasteiger partial charge in [-0.1, -0.05) is 57.7 Å². The number of rotatable bonds is 6. The molecule has 2 aliphatic rings. The monoisotopic (exact) mass is 491 g/mol. The van der Waals surface area contributed by atoms with Gasteiger partial charge in [-0.3, -0.25) is 9.59 Å². The summed E-state index contributed by atoms with van der Waals surface area (Å²) in [7, 11) is 0.